The topological polar surface area (TPSA) is 23.8 Å². The van der Waals surface area contributed by atoms with Crippen LogP contribution in [0.3, 0.4) is 0 Å². The lowest BCUT2D eigenvalue weighted by Gasteiger charge is -2.00. The quantitative estimate of drug-likeness (QED) is 0.672. The molecule has 0 saturated heterocycles. The van der Waals surface area contributed by atoms with Gasteiger partial charge in [0.1, 0.15) is 0 Å². The Morgan fingerprint density at radius 3 is 1.33 bits per heavy atom. The van der Waals surface area contributed by atoms with Crippen molar-refractivity contribution in [2.24, 2.45) is 0 Å². The molecule has 0 unspecified atom stereocenters. The first kappa shape index (κ1) is 11.0. The predicted octanol–water partition coefficient (Wildman–Crippen LogP) is 3.37. The average Bonchev–Trinajstić information content (AvgIpc) is 2.34. The normalized spacial score (nSPS) is 8.67. The Bertz CT molecular complexity index is 352. The molecule has 1 nitrogen and oxygen atoms in total. The molecule has 2 aromatic carbocycles. The highest BCUT2D eigenvalue weighted by atomic mass is 14.2. The van der Waals surface area contributed by atoms with Crippen molar-refractivity contribution in [1.82, 2.24) is 0 Å². The summed E-state index contributed by atoms with van der Waals surface area (Å²) in [5.41, 5.74) is 2.74. The molecule has 0 bridgehead atoms. The number of nitrogens with zero attached hydrogens (tertiary/aromatic N) is 1. The zero-order chi connectivity index (χ0) is 10.9. The van der Waals surface area contributed by atoms with E-state index in [1.165, 1.54) is 11.1 Å². The van der Waals surface area contributed by atoms with Gasteiger partial charge in [0.15, 0.2) is 0 Å². The van der Waals surface area contributed by atoms with Gasteiger partial charge in [-0.2, -0.15) is 0 Å². The van der Waals surface area contributed by atoms with E-state index in [9.17, 15) is 0 Å². The third-order valence-corrected chi connectivity index (χ3v) is 2.09. The number of benzene rings is 2. The summed E-state index contributed by atoms with van der Waals surface area (Å²) in [6, 6.07) is 21.1. The van der Waals surface area contributed by atoms with Gasteiger partial charge in [-0.15, -0.1) is 0 Å². The molecule has 0 aliphatic carbocycles. The van der Waals surface area contributed by atoms with E-state index in [4.69, 9.17) is 11.8 Å². The van der Waals surface area contributed by atoms with Crippen LogP contribution in [0.5, 0.6) is 0 Å². The molecule has 74 valence electrons. The highest BCUT2D eigenvalue weighted by molar-refractivity contribution is 5.25. The summed E-state index contributed by atoms with van der Waals surface area (Å²) in [5, 5.41) is 6.25. The minimum atomic E-state index is 1.03. The maximum absolute atomic E-state index is 6.25. The Morgan fingerprint density at radius 2 is 1.00 bits per heavy atom. The van der Waals surface area contributed by atoms with Crippen molar-refractivity contribution in [2.45, 2.75) is 6.42 Å². The first-order valence-electron chi connectivity index (χ1n) is 4.75. The van der Waals surface area contributed by atoms with Gasteiger partial charge in [0, 0.05) is 0 Å². The summed E-state index contributed by atoms with van der Waals surface area (Å²) in [7, 11) is 0. The lowest BCUT2D eigenvalue weighted by atomic mass is 10.1. The van der Waals surface area contributed by atoms with E-state index >= 15 is 0 Å². The molecular formula is C14H12N-. The molecular weight excluding hydrogens is 182 g/mol. The predicted molar refractivity (Wildman–Crippen MR) is 60.7 cm³/mol. The first-order valence-corrected chi connectivity index (χ1v) is 4.75. The van der Waals surface area contributed by atoms with Crippen molar-refractivity contribution in [3.8, 4) is 0 Å². The lowest BCUT2D eigenvalue weighted by Crippen LogP contribution is -1.85. The second-order valence-electron chi connectivity index (χ2n) is 3.15. The van der Waals surface area contributed by atoms with Crippen LogP contribution in [0.4, 0.5) is 0 Å². The number of rotatable bonds is 2. The molecule has 0 aliphatic rings. The fourth-order valence-electron chi connectivity index (χ4n) is 1.43. The van der Waals surface area contributed by atoms with Gasteiger partial charge in [-0.3, -0.25) is 0 Å². The maximum Gasteiger partial charge on any atom is -0.00258 e. The van der Waals surface area contributed by atoms with Crippen molar-refractivity contribution >= 4 is 0 Å². The molecule has 1 heteroatoms. The summed E-state index contributed by atoms with van der Waals surface area (Å²) in [4.78, 5) is 0. The molecule has 0 aliphatic heterocycles. The van der Waals surface area contributed by atoms with Gasteiger partial charge in [0.2, 0.25) is 0 Å². The molecule has 0 aromatic heterocycles. The molecule has 2 aromatic rings. The van der Waals surface area contributed by atoms with E-state index in [2.05, 4.69) is 60.7 Å². The van der Waals surface area contributed by atoms with Gasteiger partial charge in [-0.25, -0.2) is 0 Å². The van der Waals surface area contributed by atoms with Gasteiger partial charge in [-0.05, 0) is 17.5 Å². The van der Waals surface area contributed by atoms with E-state index < -0.39 is 0 Å². The highest BCUT2D eigenvalue weighted by Gasteiger charge is 1.92. The minimum Gasteiger partial charge on any atom is -0.512 e. The smallest absolute Gasteiger partial charge is 0.00258 e. The molecule has 0 saturated carbocycles. The minimum absolute atomic E-state index is 1.03. The monoisotopic (exact) mass is 194 g/mol. The Hall–Kier alpha value is -2.07. The van der Waals surface area contributed by atoms with E-state index in [-0.39, 0.29) is 0 Å². The molecule has 0 amide bonds. The third-order valence-electron chi connectivity index (χ3n) is 2.09. The number of hydrogen-bond acceptors (Lipinski definition) is 1. The lowest BCUT2D eigenvalue weighted by molar-refractivity contribution is 1.19. The molecule has 2 rings (SSSR count). The van der Waals surface area contributed by atoms with Crippen molar-refractivity contribution in [2.75, 3.05) is 0 Å². The Labute approximate surface area is 90.6 Å². The van der Waals surface area contributed by atoms with E-state index in [0.717, 1.165) is 6.42 Å². The largest absolute Gasteiger partial charge is 0.512 e. The molecule has 0 atom stereocenters. The Morgan fingerprint density at radius 1 is 0.667 bits per heavy atom. The van der Waals surface area contributed by atoms with Gasteiger partial charge in [0.05, 0.1) is 0 Å². The summed E-state index contributed by atoms with van der Waals surface area (Å²) in [5.74, 6) is 0. The van der Waals surface area contributed by atoms with Crippen LogP contribution in [0.25, 0.3) is 0 Å². The molecule has 0 fully saturated rings. The van der Waals surface area contributed by atoms with E-state index in [0.29, 0.717) is 0 Å². The van der Waals surface area contributed by atoms with Crippen LogP contribution in [-0.4, -0.2) is 0 Å². The van der Waals surface area contributed by atoms with Crippen molar-refractivity contribution in [1.29, 1.82) is 5.26 Å². The van der Waals surface area contributed by atoms with Crippen molar-refractivity contribution < 1.29 is 0 Å². The molecule has 0 radical (unpaired) electrons. The molecule has 0 N–H and O–H groups in total. The molecule has 15 heavy (non-hydrogen) atoms. The summed E-state index contributed by atoms with van der Waals surface area (Å²) in [6.45, 7) is 4.75. The van der Waals surface area contributed by atoms with Crippen LogP contribution < -0.4 is 0 Å². The second kappa shape index (κ2) is 6.39. The Balaban J connectivity index is 0.000000531. The second-order valence-corrected chi connectivity index (χ2v) is 3.15. The van der Waals surface area contributed by atoms with Crippen LogP contribution in [0.1, 0.15) is 11.1 Å². The highest BCUT2D eigenvalue weighted by Crippen LogP contribution is 2.07. The van der Waals surface area contributed by atoms with Crippen molar-refractivity contribution in [3.05, 3.63) is 78.4 Å². The molecule has 0 heterocycles. The fourth-order valence-corrected chi connectivity index (χ4v) is 1.43. The van der Waals surface area contributed by atoms with Crippen LogP contribution in [-0.2, 0) is 6.42 Å². The summed E-state index contributed by atoms with van der Waals surface area (Å²) < 4.78 is 0. The Kier molecular flexibility index (Phi) is 4.69. The fraction of sp³-hybridized carbons (Fsp3) is 0.0714. The van der Waals surface area contributed by atoms with Gasteiger partial charge >= 0.3 is 0 Å². The third kappa shape index (κ3) is 3.66. The van der Waals surface area contributed by atoms with Crippen LogP contribution in [0.2, 0.25) is 0 Å². The van der Waals surface area contributed by atoms with Crippen LogP contribution in [0, 0.1) is 11.8 Å². The van der Waals surface area contributed by atoms with Gasteiger partial charge < -0.3 is 11.8 Å². The van der Waals surface area contributed by atoms with Gasteiger partial charge in [-0.1, -0.05) is 60.7 Å². The maximum atomic E-state index is 6.25. The summed E-state index contributed by atoms with van der Waals surface area (Å²) >= 11 is 0. The SMILES string of the molecule is [C-]#N.c1ccc(Cc2ccccc2)cc1. The van der Waals surface area contributed by atoms with Gasteiger partial charge in [0.25, 0.3) is 0 Å². The van der Waals surface area contributed by atoms with Crippen molar-refractivity contribution in [3.63, 3.8) is 0 Å². The van der Waals surface area contributed by atoms with Crippen LogP contribution >= 0.6 is 0 Å². The summed E-state index contributed by atoms with van der Waals surface area (Å²) in [6.07, 6.45) is 1.03. The number of hydrogen-bond donors (Lipinski definition) is 0. The van der Waals surface area contributed by atoms with Crippen LogP contribution in [0.15, 0.2) is 60.7 Å². The van der Waals surface area contributed by atoms with E-state index in [1.54, 1.807) is 0 Å². The molecule has 0 spiro atoms. The average molecular weight is 194 g/mol. The zero-order valence-electron chi connectivity index (χ0n) is 8.43. The first-order chi connectivity index (χ1) is 7.45. The standard InChI is InChI=1S/C13H12.CN/c1-3-7-12(8-4-1)11-13-9-5-2-6-10-13;1-2/h1-10H,11H2;/q;-1. The van der Waals surface area contributed by atoms with E-state index in [1.807, 2.05) is 0 Å². The zero-order valence-corrected chi connectivity index (χ0v) is 8.43.